The lowest BCUT2D eigenvalue weighted by molar-refractivity contribution is -0.0413. The van der Waals surface area contributed by atoms with Gasteiger partial charge in [0.05, 0.1) is 19.3 Å². The van der Waals surface area contributed by atoms with Crippen LogP contribution in [0, 0.1) is 5.92 Å². The molecule has 0 bridgehead atoms. The normalized spacial score (nSPS) is 20.6. The van der Waals surface area contributed by atoms with Crippen LogP contribution < -0.4 is 0 Å². The summed E-state index contributed by atoms with van der Waals surface area (Å²) in [6.45, 7) is 14.5. The molecule has 1 saturated heterocycles. The van der Waals surface area contributed by atoms with Crippen molar-refractivity contribution in [2.24, 2.45) is 5.92 Å². The van der Waals surface area contributed by atoms with E-state index in [1.807, 2.05) is 0 Å². The first-order valence-electron chi connectivity index (χ1n) is 8.29. The Hall–Kier alpha value is -0.163. The summed E-state index contributed by atoms with van der Waals surface area (Å²) in [5.41, 5.74) is 1.30. The largest absolute Gasteiger partial charge is 0.373 e. The third-order valence-corrected chi connectivity index (χ3v) is 5.42. The maximum Gasteiger partial charge on any atom is 0.147 e. The van der Waals surface area contributed by atoms with Gasteiger partial charge >= 0.3 is 0 Å². The van der Waals surface area contributed by atoms with E-state index in [1.165, 1.54) is 24.5 Å². The van der Waals surface area contributed by atoms with Gasteiger partial charge in [0.15, 0.2) is 0 Å². The highest BCUT2D eigenvalue weighted by Gasteiger charge is 2.24. The van der Waals surface area contributed by atoms with Crippen molar-refractivity contribution in [1.82, 2.24) is 0 Å². The Balaban J connectivity index is 1.94. The first kappa shape index (κ1) is 18.9. The zero-order valence-corrected chi connectivity index (χ0v) is 15.6. The number of rotatable bonds is 12. The fraction of sp³-hybridized carbons (Fsp3) is 0.882. The molecule has 124 valence electrons. The zero-order chi connectivity index (χ0) is 15.7. The van der Waals surface area contributed by atoms with Gasteiger partial charge in [-0.25, -0.2) is 0 Å². The molecule has 0 aliphatic carbocycles. The van der Waals surface area contributed by atoms with Crippen LogP contribution in [0.15, 0.2) is 11.6 Å². The molecule has 0 radical (unpaired) electrons. The Morgan fingerprint density at radius 1 is 1.33 bits per heavy atom. The van der Waals surface area contributed by atoms with Crippen molar-refractivity contribution < 1.29 is 14.2 Å². The maximum atomic E-state index is 5.55. The molecule has 2 atom stereocenters. The minimum Gasteiger partial charge on any atom is -0.373 e. The SMILES string of the molecule is C/C(=C\CC[C@H](C)C[C@H]1CO1)COCOCC[Si](C)(C)C. The zero-order valence-electron chi connectivity index (χ0n) is 14.6. The minimum absolute atomic E-state index is 0.422. The highest BCUT2D eigenvalue weighted by Crippen LogP contribution is 2.22. The molecule has 3 nitrogen and oxygen atoms in total. The van der Waals surface area contributed by atoms with Crippen LogP contribution in [0.4, 0.5) is 0 Å². The molecule has 0 aromatic heterocycles. The second-order valence-electron chi connectivity index (χ2n) is 7.61. The smallest absolute Gasteiger partial charge is 0.147 e. The van der Waals surface area contributed by atoms with Crippen molar-refractivity contribution >= 4 is 8.07 Å². The minimum atomic E-state index is -0.976. The summed E-state index contributed by atoms with van der Waals surface area (Å²) in [4.78, 5) is 0. The Labute approximate surface area is 132 Å². The topological polar surface area (TPSA) is 31.0 Å². The molecule has 1 heterocycles. The molecule has 0 spiro atoms. The van der Waals surface area contributed by atoms with Crippen LogP contribution in [0.1, 0.15) is 33.1 Å². The van der Waals surface area contributed by atoms with E-state index in [-0.39, 0.29) is 0 Å². The first-order valence-corrected chi connectivity index (χ1v) is 12.0. The summed E-state index contributed by atoms with van der Waals surface area (Å²) in [5, 5.41) is 0. The fourth-order valence-electron chi connectivity index (χ4n) is 2.14. The van der Waals surface area contributed by atoms with E-state index in [9.17, 15) is 0 Å². The third kappa shape index (κ3) is 12.1. The average Bonchev–Trinajstić information content (AvgIpc) is 3.16. The van der Waals surface area contributed by atoms with Gasteiger partial charge in [-0.2, -0.15) is 0 Å². The Morgan fingerprint density at radius 2 is 2.05 bits per heavy atom. The number of hydrogen-bond acceptors (Lipinski definition) is 3. The summed E-state index contributed by atoms with van der Waals surface area (Å²) in [5.74, 6) is 0.757. The van der Waals surface area contributed by atoms with Crippen LogP contribution in [-0.2, 0) is 14.2 Å². The molecule has 4 heteroatoms. The molecular formula is C17H34O3Si. The molecule has 1 aliphatic heterocycles. The van der Waals surface area contributed by atoms with Gasteiger partial charge in [-0.15, -0.1) is 0 Å². The second-order valence-corrected chi connectivity index (χ2v) is 13.2. The van der Waals surface area contributed by atoms with Gasteiger partial charge in [-0.05, 0) is 38.1 Å². The highest BCUT2D eigenvalue weighted by molar-refractivity contribution is 6.76. The van der Waals surface area contributed by atoms with Crippen LogP contribution in [0.2, 0.25) is 25.7 Å². The van der Waals surface area contributed by atoms with E-state index in [2.05, 4.69) is 39.6 Å². The maximum absolute atomic E-state index is 5.55. The summed E-state index contributed by atoms with van der Waals surface area (Å²) in [6.07, 6.45) is 6.45. The Kier molecular flexibility index (Phi) is 8.79. The lowest BCUT2D eigenvalue weighted by Gasteiger charge is -2.15. The van der Waals surface area contributed by atoms with Gasteiger partial charge in [0, 0.05) is 14.7 Å². The monoisotopic (exact) mass is 314 g/mol. The molecule has 21 heavy (non-hydrogen) atoms. The molecule has 1 aliphatic rings. The van der Waals surface area contributed by atoms with Crippen LogP contribution in [0.3, 0.4) is 0 Å². The van der Waals surface area contributed by atoms with Crippen LogP contribution >= 0.6 is 0 Å². The molecule has 0 saturated carbocycles. The summed E-state index contributed by atoms with van der Waals surface area (Å²) in [7, 11) is -0.976. The van der Waals surface area contributed by atoms with E-state index in [1.54, 1.807) is 0 Å². The van der Waals surface area contributed by atoms with Crippen LogP contribution in [-0.4, -0.2) is 40.8 Å². The molecule has 0 N–H and O–H groups in total. The highest BCUT2D eigenvalue weighted by atomic mass is 28.3. The predicted octanol–water partition coefficient (Wildman–Crippen LogP) is 4.47. The molecule has 1 rings (SSSR count). The molecule has 1 fully saturated rings. The predicted molar refractivity (Wildman–Crippen MR) is 91.4 cm³/mol. The van der Waals surface area contributed by atoms with Crippen LogP contribution in [0.25, 0.3) is 0 Å². The van der Waals surface area contributed by atoms with E-state index in [0.29, 0.717) is 19.5 Å². The Morgan fingerprint density at radius 3 is 2.67 bits per heavy atom. The number of hydrogen-bond donors (Lipinski definition) is 0. The molecular weight excluding hydrogens is 280 g/mol. The lowest BCUT2D eigenvalue weighted by Crippen LogP contribution is -2.22. The van der Waals surface area contributed by atoms with Gasteiger partial charge in [0.25, 0.3) is 0 Å². The Bertz CT molecular complexity index is 306. The molecule has 0 amide bonds. The van der Waals surface area contributed by atoms with Gasteiger partial charge < -0.3 is 14.2 Å². The van der Waals surface area contributed by atoms with Crippen LogP contribution in [0.5, 0.6) is 0 Å². The summed E-state index contributed by atoms with van der Waals surface area (Å²) < 4.78 is 16.3. The van der Waals surface area contributed by atoms with Gasteiger partial charge in [0.2, 0.25) is 0 Å². The quantitative estimate of drug-likeness (QED) is 0.175. The summed E-state index contributed by atoms with van der Waals surface area (Å²) >= 11 is 0. The van der Waals surface area contributed by atoms with Gasteiger partial charge in [-0.1, -0.05) is 38.2 Å². The van der Waals surface area contributed by atoms with Crippen molar-refractivity contribution in [3.63, 3.8) is 0 Å². The molecule has 0 aromatic rings. The third-order valence-electron chi connectivity index (χ3n) is 3.71. The average molecular weight is 315 g/mol. The number of epoxide rings is 1. The lowest BCUT2D eigenvalue weighted by atomic mass is 9.99. The van der Waals surface area contributed by atoms with Crippen molar-refractivity contribution in [1.29, 1.82) is 0 Å². The fourth-order valence-corrected chi connectivity index (χ4v) is 2.90. The second kappa shape index (κ2) is 9.77. The van der Waals surface area contributed by atoms with Crippen molar-refractivity contribution in [2.45, 2.75) is 64.9 Å². The standard InChI is InChI=1S/C17H34O3Si/c1-15(11-17-13-20-17)7-6-8-16(2)12-19-14-18-9-10-21(3,4)5/h8,15,17H,6-7,9-14H2,1-5H3/b16-8+/t15-,17-/m0/s1. The van der Waals surface area contributed by atoms with Gasteiger partial charge in [0.1, 0.15) is 6.79 Å². The molecule has 0 unspecified atom stereocenters. The van der Waals surface area contributed by atoms with Crippen molar-refractivity contribution in [2.75, 3.05) is 26.6 Å². The van der Waals surface area contributed by atoms with E-state index < -0.39 is 8.07 Å². The van der Waals surface area contributed by atoms with E-state index in [4.69, 9.17) is 14.2 Å². The van der Waals surface area contributed by atoms with E-state index >= 15 is 0 Å². The number of allylic oxidation sites excluding steroid dienone is 1. The van der Waals surface area contributed by atoms with Gasteiger partial charge in [-0.3, -0.25) is 0 Å². The van der Waals surface area contributed by atoms with Crippen molar-refractivity contribution in [3.8, 4) is 0 Å². The number of ether oxygens (including phenoxy) is 3. The first-order chi connectivity index (χ1) is 9.87. The molecule has 0 aromatic carbocycles. The summed E-state index contributed by atoms with van der Waals surface area (Å²) in [6, 6.07) is 1.20. The van der Waals surface area contributed by atoms with E-state index in [0.717, 1.165) is 25.6 Å². The van der Waals surface area contributed by atoms with Crippen molar-refractivity contribution in [3.05, 3.63) is 11.6 Å².